The fourth-order valence-electron chi connectivity index (χ4n) is 1.59. The van der Waals surface area contributed by atoms with E-state index in [1.54, 1.807) is 24.3 Å². The van der Waals surface area contributed by atoms with E-state index in [0.717, 1.165) is 6.42 Å². The molecule has 0 fully saturated rings. The lowest BCUT2D eigenvalue weighted by molar-refractivity contribution is 0.0955. The Hall–Kier alpha value is -1.90. The second kappa shape index (κ2) is 4.31. The molecule has 0 aliphatic carbocycles. The van der Waals surface area contributed by atoms with Gasteiger partial charge in [0.25, 0.3) is 0 Å². The molecule has 0 aliphatic rings. The van der Waals surface area contributed by atoms with Crippen molar-refractivity contribution in [3.8, 4) is 0 Å². The fraction of sp³-hybridized carbons (Fsp3) is 0.231. The van der Waals surface area contributed by atoms with Crippen LogP contribution in [0.2, 0.25) is 0 Å². The Morgan fingerprint density at radius 3 is 2.81 bits per heavy atom. The molecule has 1 heterocycles. The summed E-state index contributed by atoms with van der Waals surface area (Å²) in [4.78, 5) is 23.3. The van der Waals surface area contributed by atoms with Crippen LogP contribution in [0.15, 0.2) is 39.5 Å². The van der Waals surface area contributed by atoms with Crippen LogP contribution in [0.5, 0.6) is 0 Å². The molecule has 0 radical (unpaired) electrons. The van der Waals surface area contributed by atoms with Crippen LogP contribution in [-0.4, -0.2) is 5.78 Å². The van der Waals surface area contributed by atoms with Gasteiger partial charge in [0.2, 0.25) is 0 Å². The van der Waals surface area contributed by atoms with Gasteiger partial charge in [-0.25, -0.2) is 0 Å². The van der Waals surface area contributed by atoms with E-state index in [1.165, 1.54) is 6.07 Å². The van der Waals surface area contributed by atoms with Gasteiger partial charge >= 0.3 is 0 Å². The number of fused-ring (bicyclic) bond motifs is 1. The predicted molar refractivity (Wildman–Crippen MR) is 61.7 cm³/mol. The van der Waals surface area contributed by atoms with Crippen molar-refractivity contribution in [2.45, 2.75) is 19.8 Å². The summed E-state index contributed by atoms with van der Waals surface area (Å²) in [6, 6.07) is 8.21. The number of rotatable bonds is 3. The second-order valence-corrected chi connectivity index (χ2v) is 3.64. The van der Waals surface area contributed by atoms with Gasteiger partial charge in [-0.2, -0.15) is 0 Å². The van der Waals surface area contributed by atoms with Crippen molar-refractivity contribution in [1.82, 2.24) is 0 Å². The summed E-state index contributed by atoms with van der Waals surface area (Å²) in [5.74, 6) is 0.0379. The quantitative estimate of drug-likeness (QED) is 0.741. The molecule has 1 aromatic carbocycles. The SMILES string of the molecule is CCCC(=O)c1cc(=O)c2ccccc2o1. The largest absolute Gasteiger partial charge is 0.453 e. The molecule has 0 saturated carbocycles. The van der Waals surface area contributed by atoms with Gasteiger partial charge in [-0.3, -0.25) is 9.59 Å². The van der Waals surface area contributed by atoms with Gasteiger partial charge in [-0.15, -0.1) is 0 Å². The summed E-state index contributed by atoms with van der Waals surface area (Å²) in [5, 5.41) is 0.510. The van der Waals surface area contributed by atoms with Crippen LogP contribution >= 0.6 is 0 Å². The maximum Gasteiger partial charge on any atom is 0.198 e. The van der Waals surface area contributed by atoms with Gasteiger partial charge in [0, 0.05) is 12.5 Å². The summed E-state index contributed by atoms with van der Waals surface area (Å²) in [7, 11) is 0. The minimum Gasteiger partial charge on any atom is -0.453 e. The summed E-state index contributed by atoms with van der Waals surface area (Å²) in [6.07, 6.45) is 1.15. The van der Waals surface area contributed by atoms with Crippen molar-refractivity contribution in [2.75, 3.05) is 0 Å². The molecule has 3 heteroatoms. The van der Waals surface area contributed by atoms with Crippen molar-refractivity contribution >= 4 is 16.8 Å². The topological polar surface area (TPSA) is 47.3 Å². The number of benzene rings is 1. The fourth-order valence-corrected chi connectivity index (χ4v) is 1.59. The Morgan fingerprint density at radius 2 is 2.06 bits per heavy atom. The van der Waals surface area contributed by atoms with Gasteiger partial charge in [0.05, 0.1) is 5.39 Å². The van der Waals surface area contributed by atoms with Crippen LogP contribution in [0.25, 0.3) is 11.0 Å². The summed E-state index contributed by atoms with van der Waals surface area (Å²) >= 11 is 0. The average molecular weight is 216 g/mol. The molecule has 0 aliphatic heterocycles. The molecule has 0 saturated heterocycles. The zero-order valence-electron chi connectivity index (χ0n) is 9.03. The molecular weight excluding hydrogens is 204 g/mol. The normalized spacial score (nSPS) is 10.6. The number of carbonyl (C=O) groups excluding carboxylic acids is 1. The Bertz CT molecular complexity index is 581. The monoisotopic (exact) mass is 216 g/mol. The van der Waals surface area contributed by atoms with Crippen LogP contribution in [0.4, 0.5) is 0 Å². The maximum atomic E-state index is 11.7. The first-order chi connectivity index (χ1) is 7.72. The smallest absolute Gasteiger partial charge is 0.198 e. The first-order valence-corrected chi connectivity index (χ1v) is 5.28. The van der Waals surface area contributed by atoms with E-state index in [4.69, 9.17) is 4.42 Å². The van der Waals surface area contributed by atoms with Gasteiger partial charge < -0.3 is 4.42 Å². The lowest BCUT2D eigenvalue weighted by atomic mass is 10.1. The minimum absolute atomic E-state index is 0.120. The molecule has 0 N–H and O–H groups in total. The number of Topliss-reactive ketones (excluding diaryl/α,β-unsaturated/α-hetero) is 1. The Labute approximate surface area is 92.7 Å². The van der Waals surface area contributed by atoms with E-state index < -0.39 is 0 Å². The first kappa shape index (κ1) is 10.6. The second-order valence-electron chi connectivity index (χ2n) is 3.64. The molecule has 0 unspecified atom stereocenters. The van der Waals surface area contributed by atoms with E-state index in [2.05, 4.69) is 0 Å². The highest BCUT2D eigenvalue weighted by atomic mass is 16.3. The number of carbonyl (C=O) groups is 1. The van der Waals surface area contributed by atoms with E-state index in [0.29, 0.717) is 17.4 Å². The van der Waals surface area contributed by atoms with Crippen LogP contribution in [0, 0.1) is 0 Å². The highest BCUT2D eigenvalue weighted by Gasteiger charge is 2.10. The molecule has 3 nitrogen and oxygen atoms in total. The van der Waals surface area contributed by atoms with Crippen LogP contribution < -0.4 is 5.43 Å². The molecule has 2 aromatic rings. The van der Waals surface area contributed by atoms with Gasteiger partial charge in [-0.05, 0) is 18.6 Å². The first-order valence-electron chi connectivity index (χ1n) is 5.28. The highest BCUT2D eigenvalue weighted by Crippen LogP contribution is 2.13. The summed E-state index contributed by atoms with van der Waals surface area (Å²) in [5.41, 5.74) is 0.302. The van der Waals surface area contributed by atoms with Crippen LogP contribution in [0.1, 0.15) is 30.3 Å². The zero-order valence-corrected chi connectivity index (χ0v) is 9.03. The van der Waals surface area contributed by atoms with Crippen molar-refractivity contribution in [3.63, 3.8) is 0 Å². The number of ketones is 1. The number of hydrogen-bond donors (Lipinski definition) is 0. The Morgan fingerprint density at radius 1 is 1.31 bits per heavy atom. The summed E-state index contributed by atoms with van der Waals surface area (Å²) in [6.45, 7) is 1.91. The number of hydrogen-bond acceptors (Lipinski definition) is 3. The van der Waals surface area contributed by atoms with Gasteiger partial charge in [0.15, 0.2) is 17.0 Å². The van der Waals surface area contributed by atoms with E-state index >= 15 is 0 Å². The molecule has 0 bridgehead atoms. The third-order valence-electron chi connectivity index (χ3n) is 2.39. The van der Waals surface area contributed by atoms with Gasteiger partial charge in [0.1, 0.15) is 5.58 Å². The minimum atomic E-state index is -0.165. The zero-order chi connectivity index (χ0) is 11.5. The van der Waals surface area contributed by atoms with Crippen molar-refractivity contribution in [2.24, 2.45) is 0 Å². The van der Waals surface area contributed by atoms with E-state index in [1.807, 2.05) is 6.92 Å². The Kier molecular flexibility index (Phi) is 2.86. The molecule has 82 valence electrons. The lowest BCUT2D eigenvalue weighted by Gasteiger charge is -2.00. The predicted octanol–water partition coefficient (Wildman–Crippen LogP) is 2.78. The van der Waals surface area contributed by atoms with Gasteiger partial charge in [-0.1, -0.05) is 19.1 Å². The van der Waals surface area contributed by atoms with E-state index in [9.17, 15) is 9.59 Å². The van der Waals surface area contributed by atoms with Crippen molar-refractivity contribution in [3.05, 3.63) is 46.3 Å². The third kappa shape index (κ3) is 1.89. The molecule has 0 spiro atoms. The Balaban J connectivity index is 2.58. The highest BCUT2D eigenvalue weighted by molar-refractivity contribution is 5.94. The van der Waals surface area contributed by atoms with Crippen LogP contribution in [0.3, 0.4) is 0 Å². The molecule has 0 atom stereocenters. The molecule has 0 amide bonds. The maximum absolute atomic E-state index is 11.7. The molecule has 16 heavy (non-hydrogen) atoms. The number of para-hydroxylation sites is 1. The molecule has 1 aromatic heterocycles. The average Bonchev–Trinajstić information content (AvgIpc) is 2.29. The van der Waals surface area contributed by atoms with Crippen molar-refractivity contribution in [1.29, 1.82) is 0 Å². The molecular formula is C13H12O3. The van der Waals surface area contributed by atoms with Crippen molar-refractivity contribution < 1.29 is 9.21 Å². The standard InChI is InChI=1S/C13H12O3/c1-2-5-10(14)13-8-11(15)9-6-3-4-7-12(9)16-13/h3-4,6-8H,2,5H2,1H3. The molecule has 2 rings (SSSR count). The van der Waals surface area contributed by atoms with E-state index in [-0.39, 0.29) is 17.0 Å². The lowest BCUT2D eigenvalue weighted by Crippen LogP contribution is -2.06. The summed E-state index contributed by atoms with van der Waals surface area (Å²) < 4.78 is 5.41. The van der Waals surface area contributed by atoms with Crippen LogP contribution in [-0.2, 0) is 0 Å². The third-order valence-corrected chi connectivity index (χ3v) is 2.39.